The normalized spacial score (nSPS) is 22.7. The fraction of sp³-hybridized carbons (Fsp3) is 0.562. The fourth-order valence-electron chi connectivity index (χ4n) is 3.89. The van der Waals surface area contributed by atoms with Crippen LogP contribution in [0.1, 0.15) is 35.3 Å². The first-order valence-corrected chi connectivity index (χ1v) is 7.98. The molecule has 1 N–H and O–H groups in total. The Hall–Kier alpha value is -1.37. The van der Waals surface area contributed by atoms with Crippen molar-refractivity contribution in [3.8, 4) is 0 Å². The van der Waals surface area contributed by atoms with Crippen LogP contribution < -0.4 is 5.32 Å². The summed E-state index contributed by atoms with van der Waals surface area (Å²) in [6, 6.07) is 2.65. The summed E-state index contributed by atoms with van der Waals surface area (Å²) in [7, 11) is 1.88. The number of pyridine rings is 1. The van der Waals surface area contributed by atoms with Gasteiger partial charge < -0.3 is 10.2 Å². The Bertz CT molecular complexity index is 733. The molecule has 2 fully saturated rings. The summed E-state index contributed by atoms with van der Waals surface area (Å²) in [5, 5.41) is 8.78. The third-order valence-electron chi connectivity index (χ3n) is 5.00. The number of halogens is 2. The quantitative estimate of drug-likeness (QED) is 0.833. The Balaban J connectivity index is 0.00000104. The van der Waals surface area contributed by atoms with Crippen LogP contribution in [-0.4, -0.2) is 50.7 Å². The zero-order valence-corrected chi connectivity index (χ0v) is 15.5. The molecule has 2 atom stereocenters. The summed E-state index contributed by atoms with van der Waals surface area (Å²) < 4.78 is 1.76. The number of carbonyl (C=O) groups is 1. The number of hydrogen-bond acceptors (Lipinski definition) is 4. The second-order valence-electron chi connectivity index (χ2n) is 6.39. The standard InChI is InChI=1S/C16H21N5O.2ClH/c1-10-14-7-11(8-18-15(14)20(2)19-10)16(22)21-12-3-4-13(21)9-17-6-5-12;;/h7-8,12-13,17H,3-6,9H2,1-2H3;2*1H. The molecule has 2 aromatic rings. The number of aromatic nitrogens is 3. The smallest absolute Gasteiger partial charge is 0.255 e. The zero-order valence-electron chi connectivity index (χ0n) is 13.9. The second kappa shape index (κ2) is 7.25. The van der Waals surface area contributed by atoms with Gasteiger partial charge in [-0.05, 0) is 38.8 Å². The molecule has 2 aromatic heterocycles. The van der Waals surface area contributed by atoms with Crippen LogP contribution in [0.25, 0.3) is 11.0 Å². The largest absolute Gasteiger partial charge is 0.331 e. The van der Waals surface area contributed by atoms with Crippen LogP contribution in [0.15, 0.2) is 12.3 Å². The van der Waals surface area contributed by atoms with E-state index in [1.165, 1.54) is 0 Å². The summed E-state index contributed by atoms with van der Waals surface area (Å²) in [6.07, 6.45) is 4.97. The van der Waals surface area contributed by atoms with Crippen molar-refractivity contribution in [2.75, 3.05) is 13.1 Å². The van der Waals surface area contributed by atoms with E-state index in [4.69, 9.17) is 0 Å². The highest BCUT2D eigenvalue weighted by Gasteiger charge is 2.38. The number of nitrogens with one attached hydrogen (secondary N) is 1. The van der Waals surface area contributed by atoms with Gasteiger partial charge in [-0.2, -0.15) is 5.10 Å². The van der Waals surface area contributed by atoms with E-state index in [2.05, 4.69) is 20.3 Å². The van der Waals surface area contributed by atoms with E-state index in [1.807, 2.05) is 20.0 Å². The van der Waals surface area contributed by atoms with Crippen LogP contribution in [0, 0.1) is 6.92 Å². The van der Waals surface area contributed by atoms with Gasteiger partial charge in [0.1, 0.15) is 0 Å². The van der Waals surface area contributed by atoms with Gasteiger partial charge in [0, 0.05) is 37.3 Å². The maximum absolute atomic E-state index is 13.0. The lowest BCUT2D eigenvalue weighted by atomic mass is 10.1. The number of nitrogens with zero attached hydrogens (tertiary/aromatic N) is 4. The molecule has 132 valence electrons. The van der Waals surface area contributed by atoms with E-state index in [0.717, 1.165) is 49.1 Å². The first-order valence-electron chi connectivity index (χ1n) is 7.98. The predicted molar refractivity (Wildman–Crippen MR) is 98.2 cm³/mol. The highest BCUT2D eigenvalue weighted by Crippen LogP contribution is 2.30. The lowest BCUT2D eigenvalue weighted by Crippen LogP contribution is -2.42. The molecule has 0 spiro atoms. The van der Waals surface area contributed by atoms with Crippen molar-refractivity contribution in [1.29, 1.82) is 0 Å². The van der Waals surface area contributed by atoms with E-state index in [9.17, 15) is 4.79 Å². The number of carbonyl (C=O) groups excluding carboxylic acids is 1. The molecule has 2 unspecified atom stereocenters. The first kappa shape index (κ1) is 19.0. The molecule has 2 aliphatic rings. The van der Waals surface area contributed by atoms with E-state index in [1.54, 1.807) is 10.9 Å². The molecule has 6 nitrogen and oxygen atoms in total. The summed E-state index contributed by atoms with van der Waals surface area (Å²) in [6.45, 7) is 3.87. The topological polar surface area (TPSA) is 63.1 Å². The van der Waals surface area contributed by atoms with Crippen LogP contribution in [0.2, 0.25) is 0 Å². The van der Waals surface area contributed by atoms with E-state index in [0.29, 0.717) is 17.6 Å². The van der Waals surface area contributed by atoms with E-state index < -0.39 is 0 Å². The van der Waals surface area contributed by atoms with Crippen molar-refractivity contribution in [1.82, 2.24) is 25.0 Å². The average molecular weight is 372 g/mol. The summed E-state index contributed by atoms with van der Waals surface area (Å²) in [4.78, 5) is 19.5. The van der Waals surface area contributed by atoms with Gasteiger partial charge >= 0.3 is 0 Å². The van der Waals surface area contributed by atoms with Crippen molar-refractivity contribution in [2.24, 2.45) is 7.05 Å². The molecule has 2 aliphatic heterocycles. The van der Waals surface area contributed by atoms with E-state index >= 15 is 0 Å². The number of rotatable bonds is 1. The molecule has 24 heavy (non-hydrogen) atoms. The number of fused-ring (bicyclic) bond motifs is 3. The minimum atomic E-state index is 0. The molecule has 0 aromatic carbocycles. The minimum Gasteiger partial charge on any atom is -0.331 e. The number of aryl methyl sites for hydroxylation is 2. The third kappa shape index (κ3) is 2.98. The molecule has 8 heteroatoms. The predicted octanol–water partition coefficient (Wildman–Crippen LogP) is 2.09. The molecule has 2 bridgehead atoms. The maximum atomic E-state index is 13.0. The highest BCUT2D eigenvalue weighted by atomic mass is 35.5. The second-order valence-corrected chi connectivity index (χ2v) is 6.39. The lowest BCUT2D eigenvalue weighted by Gasteiger charge is -2.27. The Labute approximate surface area is 153 Å². The molecule has 4 rings (SSSR count). The molecule has 2 saturated heterocycles. The third-order valence-corrected chi connectivity index (χ3v) is 5.00. The molecular formula is C16H23Cl2N5O. The van der Waals surface area contributed by atoms with Crippen molar-refractivity contribution in [3.63, 3.8) is 0 Å². The molecule has 1 amide bonds. The van der Waals surface area contributed by atoms with Gasteiger partial charge in [0.05, 0.1) is 11.3 Å². The molecule has 0 radical (unpaired) electrons. The van der Waals surface area contributed by atoms with Crippen molar-refractivity contribution in [3.05, 3.63) is 23.5 Å². The Kier molecular flexibility index (Phi) is 5.73. The summed E-state index contributed by atoms with van der Waals surface area (Å²) in [5.41, 5.74) is 2.43. The Morgan fingerprint density at radius 3 is 2.79 bits per heavy atom. The average Bonchev–Trinajstić information content (AvgIpc) is 2.93. The van der Waals surface area contributed by atoms with Crippen LogP contribution in [-0.2, 0) is 7.05 Å². The van der Waals surface area contributed by atoms with E-state index in [-0.39, 0.29) is 30.7 Å². The fourth-order valence-corrected chi connectivity index (χ4v) is 3.89. The summed E-state index contributed by atoms with van der Waals surface area (Å²) >= 11 is 0. The molecular weight excluding hydrogens is 349 g/mol. The van der Waals surface area contributed by atoms with Crippen LogP contribution in [0.4, 0.5) is 0 Å². The molecule has 0 saturated carbocycles. The van der Waals surface area contributed by atoms with Crippen LogP contribution in [0.5, 0.6) is 0 Å². The summed E-state index contributed by atoms with van der Waals surface area (Å²) in [5.74, 6) is 0.119. The van der Waals surface area contributed by atoms with Crippen LogP contribution in [0.3, 0.4) is 0 Å². The van der Waals surface area contributed by atoms with Gasteiger partial charge in [0.2, 0.25) is 0 Å². The van der Waals surface area contributed by atoms with Crippen molar-refractivity contribution < 1.29 is 4.79 Å². The molecule has 0 aliphatic carbocycles. The van der Waals surface area contributed by atoms with Gasteiger partial charge in [-0.25, -0.2) is 4.98 Å². The SMILES string of the molecule is Cc1nn(C)c2ncc(C(=O)N3C4CCNCC3CC4)cc12.Cl.Cl. The molecule has 4 heterocycles. The first-order chi connectivity index (χ1) is 10.6. The lowest BCUT2D eigenvalue weighted by molar-refractivity contribution is 0.0680. The Morgan fingerprint density at radius 2 is 2.00 bits per heavy atom. The number of hydrogen-bond donors (Lipinski definition) is 1. The Morgan fingerprint density at radius 1 is 1.25 bits per heavy atom. The van der Waals surface area contributed by atoms with Crippen molar-refractivity contribution >= 4 is 41.8 Å². The van der Waals surface area contributed by atoms with Gasteiger partial charge in [-0.15, -0.1) is 24.8 Å². The zero-order chi connectivity index (χ0) is 15.3. The van der Waals surface area contributed by atoms with Gasteiger partial charge in [-0.1, -0.05) is 0 Å². The van der Waals surface area contributed by atoms with Gasteiger partial charge in [-0.3, -0.25) is 9.48 Å². The van der Waals surface area contributed by atoms with Gasteiger partial charge in [0.25, 0.3) is 5.91 Å². The monoisotopic (exact) mass is 371 g/mol. The van der Waals surface area contributed by atoms with Gasteiger partial charge in [0.15, 0.2) is 5.65 Å². The van der Waals surface area contributed by atoms with Crippen LogP contribution >= 0.6 is 24.8 Å². The number of amides is 1. The minimum absolute atomic E-state index is 0. The maximum Gasteiger partial charge on any atom is 0.255 e. The van der Waals surface area contributed by atoms with Crippen molar-refractivity contribution in [2.45, 2.75) is 38.3 Å². The highest BCUT2D eigenvalue weighted by molar-refractivity contribution is 5.97.